The number of rotatable bonds is 4. The van der Waals surface area contributed by atoms with E-state index in [-0.39, 0.29) is 66.7 Å². The Kier molecular flexibility index (Phi) is 5.27. The molecule has 2 saturated carbocycles. The second kappa shape index (κ2) is 7.19. The van der Waals surface area contributed by atoms with Crippen LogP contribution >= 0.6 is 0 Å². The Balaban J connectivity index is 1.89. The molecule has 0 aliphatic heterocycles. The van der Waals surface area contributed by atoms with Crippen molar-refractivity contribution in [2.24, 2.45) is 33.5 Å². The molecule has 6 atom stereocenters. The summed E-state index contributed by atoms with van der Waals surface area (Å²) in [5, 5.41) is 20.5. The summed E-state index contributed by atoms with van der Waals surface area (Å²) in [5.41, 5.74) is -4.45. The van der Waals surface area contributed by atoms with Gasteiger partial charge in [0.15, 0.2) is 11.6 Å². The van der Waals surface area contributed by atoms with Crippen LogP contribution in [0.25, 0.3) is 0 Å². The molecule has 0 radical (unpaired) electrons. The number of ketones is 4. The van der Waals surface area contributed by atoms with Crippen LogP contribution in [-0.4, -0.2) is 44.9 Å². The maximum atomic E-state index is 13.9. The lowest BCUT2D eigenvalue weighted by molar-refractivity contribution is -0.149. The average molecular weight is 473 g/mol. The molecule has 0 spiro atoms. The number of carboxylic acid groups (broad SMARTS) is 1. The normalized spacial score (nSPS) is 41.0. The maximum Gasteiger partial charge on any atom is 0.303 e. The van der Waals surface area contributed by atoms with E-state index in [1.165, 1.54) is 6.92 Å². The third kappa shape index (κ3) is 2.94. The van der Waals surface area contributed by atoms with E-state index in [1.807, 2.05) is 20.8 Å². The zero-order valence-electron chi connectivity index (χ0n) is 21.0. The van der Waals surface area contributed by atoms with Crippen molar-refractivity contribution in [2.75, 3.05) is 0 Å². The van der Waals surface area contributed by atoms with Crippen LogP contribution in [0.3, 0.4) is 0 Å². The molecule has 2 fully saturated rings. The van der Waals surface area contributed by atoms with Crippen molar-refractivity contribution in [3.63, 3.8) is 0 Å². The number of Topliss-reactive ketones (excluding diaryl/α,β-unsaturated/α-hetero) is 4. The first-order chi connectivity index (χ1) is 15.4. The molecule has 0 aromatic rings. The van der Waals surface area contributed by atoms with Crippen LogP contribution in [0.15, 0.2) is 11.1 Å². The first-order valence-corrected chi connectivity index (χ1v) is 12.3. The standard InChI is InChI=1S/C27H36O7/c1-23(2)16-11-14(28)22-21(24(16,3)9-7-18(23)30)15(29)13-25(4)17(12-19(31)27(22,25)6)26(5,34)10-8-20(32)33/h16-17,34H,7-13H2,1-6H3,(H,32,33)/t16-,17-,24-,25+,26?,27-/m0/s1. The molecule has 0 amide bonds. The van der Waals surface area contributed by atoms with Crippen molar-refractivity contribution in [1.29, 1.82) is 0 Å². The molecule has 7 heteroatoms. The molecule has 4 aliphatic carbocycles. The summed E-state index contributed by atoms with van der Waals surface area (Å²) in [6.07, 6.45) is 0.600. The summed E-state index contributed by atoms with van der Waals surface area (Å²) >= 11 is 0. The average Bonchev–Trinajstić information content (AvgIpc) is 2.93. The highest BCUT2D eigenvalue weighted by molar-refractivity contribution is 6.16. The van der Waals surface area contributed by atoms with E-state index >= 15 is 0 Å². The molecule has 1 unspecified atom stereocenters. The Labute approximate surface area is 200 Å². The molecule has 7 nitrogen and oxygen atoms in total. The number of fused-ring (bicyclic) bond motifs is 4. The highest BCUT2D eigenvalue weighted by Gasteiger charge is 2.71. The van der Waals surface area contributed by atoms with Crippen molar-refractivity contribution in [2.45, 2.75) is 92.1 Å². The lowest BCUT2D eigenvalue weighted by Crippen LogP contribution is -2.60. The van der Waals surface area contributed by atoms with Crippen LogP contribution in [0.5, 0.6) is 0 Å². The van der Waals surface area contributed by atoms with Crippen molar-refractivity contribution in [3.05, 3.63) is 11.1 Å². The van der Waals surface area contributed by atoms with E-state index in [4.69, 9.17) is 5.11 Å². The minimum Gasteiger partial charge on any atom is -0.481 e. The first kappa shape index (κ1) is 25.0. The molecular weight excluding hydrogens is 436 g/mol. The van der Waals surface area contributed by atoms with Gasteiger partial charge in [-0.1, -0.05) is 27.7 Å². The second-order valence-corrected chi connectivity index (χ2v) is 12.6. The Morgan fingerprint density at radius 2 is 1.59 bits per heavy atom. The lowest BCUT2D eigenvalue weighted by atomic mass is 9.42. The molecule has 0 saturated heterocycles. The Morgan fingerprint density at radius 3 is 2.18 bits per heavy atom. The fourth-order valence-electron chi connectivity index (χ4n) is 8.21. The van der Waals surface area contributed by atoms with Gasteiger partial charge in [-0.2, -0.15) is 0 Å². The van der Waals surface area contributed by atoms with E-state index in [0.29, 0.717) is 18.4 Å². The van der Waals surface area contributed by atoms with Crippen molar-refractivity contribution < 1.29 is 34.2 Å². The summed E-state index contributed by atoms with van der Waals surface area (Å²) < 4.78 is 0. The second-order valence-electron chi connectivity index (χ2n) is 12.6. The zero-order valence-corrected chi connectivity index (χ0v) is 21.0. The molecule has 0 aromatic carbocycles. The van der Waals surface area contributed by atoms with Gasteiger partial charge in [0.1, 0.15) is 11.6 Å². The number of allylic oxidation sites excluding steroid dienone is 2. The number of aliphatic hydroxyl groups is 1. The minimum absolute atomic E-state index is 0.00588. The fraction of sp³-hybridized carbons (Fsp3) is 0.741. The van der Waals surface area contributed by atoms with Gasteiger partial charge in [0, 0.05) is 60.0 Å². The highest BCUT2D eigenvalue weighted by Crippen LogP contribution is 2.70. The van der Waals surface area contributed by atoms with Gasteiger partial charge >= 0.3 is 5.97 Å². The molecular formula is C27H36O7. The van der Waals surface area contributed by atoms with Gasteiger partial charge < -0.3 is 10.2 Å². The van der Waals surface area contributed by atoms with E-state index in [0.717, 1.165) is 0 Å². The topological polar surface area (TPSA) is 126 Å². The van der Waals surface area contributed by atoms with Gasteiger partial charge in [-0.25, -0.2) is 0 Å². The van der Waals surface area contributed by atoms with Crippen LogP contribution < -0.4 is 0 Å². The zero-order chi connectivity index (χ0) is 25.6. The predicted molar refractivity (Wildman–Crippen MR) is 123 cm³/mol. The largest absolute Gasteiger partial charge is 0.481 e. The summed E-state index contributed by atoms with van der Waals surface area (Å²) in [4.78, 5) is 65.2. The molecule has 0 heterocycles. The van der Waals surface area contributed by atoms with Gasteiger partial charge in [-0.3, -0.25) is 24.0 Å². The molecule has 34 heavy (non-hydrogen) atoms. The number of hydrogen-bond acceptors (Lipinski definition) is 6. The third-order valence-corrected chi connectivity index (χ3v) is 10.5. The molecule has 186 valence electrons. The van der Waals surface area contributed by atoms with Gasteiger partial charge in [0.25, 0.3) is 0 Å². The molecule has 0 bridgehead atoms. The van der Waals surface area contributed by atoms with Crippen molar-refractivity contribution >= 4 is 29.1 Å². The van der Waals surface area contributed by atoms with Gasteiger partial charge in [0.2, 0.25) is 0 Å². The van der Waals surface area contributed by atoms with Crippen molar-refractivity contribution in [1.82, 2.24) is 0 Å². The summed E-state index contributed by atoms with van der Waals surface area (Å²) in [6.45, 7) is 10.8. The Bertz CT molecular complexity index is 1060. The number of carboxylic acids is 1. The quantitative estimate of drug-likeness (QED) is 0.642. The monoisotopic (exact) mass is 472 g/mol. The Morgan fingerprint density at radius 1 is 0.971 bits per heavy atom. The third-order valence-electron chi connectivity index (χ3n) is 10.5. The Hall–Kier alpha value is -2.15. The molecule has 0 aromatic heterocycles. The molecule has 2 N–H and O–H groups in total. The van der Waals surface area contributed by atoms with Crippen LogP contribution in [-0.2, 0) is 24.0 Å². The summed E-state index contributed by atoms with van der Waals surface area (Å²) in [5.74, 6) is -2.53. The molecule has 4 rings (SSSR count). The SMILES string of the molecule is CC(O)(CCC(=O)O)[C@H]1CC(=O)[C@@]2(C)C3=C(C(=O)C[C@]12C)[C@@]1(C)CCC(=O)C(C)(C)[C@@H]1CC3=O. The minimum atomic E-state index is -1.48. The smallest absolute Gasteiger partial charge is 0.303 e. The van der Waals surface area contributed by atoms with E-state index in [9.17, 15) is 29.1 Å². The predicted octanol–water partition coefficient (Wildman–Crippen LogP) is 3.46. The maximum absolute atomic E-state index is 13.9. The molecule has 4 aliphatic rings. The fourth-order valence-corrected chi connectivity index (χ4v) is 8.21. The summed E-state index contributed by atoms with van der Waals surface area (Å²) in [7, 11) is 0. The van der Waals surface area contributed by atoms with Gasteiger partial charge in [-0.15, -0.1) is 0 Å². The summed E-state index contributed by atoms with van der Waals surface area (Å²) in [6, 6.07) is 0. The number of aliphatic carboxylic acids is 1. The lowest BCUT2D eigenvalue weighted by Gasteiger charge is -2.58. The van der Waals surface area contributed by atoms with Crippen LogP contribution in [0.2, 0.25) is 0 Å². The van der Waals surface area contributed by atoms with Crippen molar-refractivity contribution in [3.8, 4) is 0 Å². The van der Waals surface area contributed by atoms with Gasteiger partial charge in [-0.05, 0) is 38.0 Å². The van der Waals surface area contributed by atoms with E-state index in [1.54, 1.807) is 13.8 Å². The first-order valence-electron chi connectivity index (χ1n) is 12.3. The van der Waals surface area contributed by atoms with Crippen LogP contribution in [0, 0.1) is 33.5 Å². The van der Waals surface area contributed by atoms with Gasteiger partial charge in [0.05, 0.1) is 11.0 Å². The number of hydrogen-bond donors (Lipinski definition) is 2. The highest BCUT2D eigenvalue weighted by atomic mass is 16.4. The van der Waals surface area contributed by atoms with E-state index < -0.39 is 39.1 Å². The number of carbonyl (C=O) groups is 5. The van der Waals surface area contributed by atoms with E-state index in [2.05, 4.69) is 0 Å². The van der Waals surface area contributed by atoms with Crippen LogP contribution in [0.1, 0.15) is 86.5 Å². The van der Waals surface area contributed by atoms with Crippen LogP contribution in [0.4, 0.5) is 0 Å². The number of carbonyl (C=O) groups excluding carboxylic acids is 4.